The molecule has 0 aliphatic carbocycles. The zero-order valence-corrected chi connectivity index (χ0v) is 13.7. The second-order valence-corrected chi connectivity index (χ2v) is 5.74. The van der Waals surface area contributed by atoms with Gasteiger partial charge in [-0.25, -0.2) is 0 Å². The fourth-order valence-electron chi connectivity index (χ4n) is 2.38. The van der Waals surface area contributed by atoms with Gasteiger partial charge >= 0.3 is 0 Å². The van der Waals surface area contributed by atoms with Crippen molar-refractivity contribution in [1.82, 2.24) is 0 Å². The fraction of sp³-hybridized carbons (Fsp3) is 0. The maximum atomic E-state index is 12.8. The lowest BCUT2D eigenvalue weighted by Gasteiger charge is -2.10. The molecule has 3 rings (SSSR count). The molecule has 0 aliphatic rings. The van der Waals surface area contributed by atoms with Crippen molar-refractivity contribution in [1.29, 1.82) is 0 Å². The van der Waals surface area contributed by atoms with Crippen LogP contribution in [0.1, 0.15) is 11.1 Å². The maximum Gasteiger partial charge on any atom is 0.256 e. The highest BCUT2D eigenvalue weighted by Crippen LogP contribution is 2.22. The Morgan fingerprint density at radius 3 is 2.17 bits per heavy atom. The monoisotopic (exact) mass is 333 g/mol. The van der Waals surface area contributed by atoms with Crippen molar-refractivity contribution in [3.05, 3.63) is 101 Å². The van der Waals surface area contributed by atoms with Gasteiger partial charge < -0.3 is 5.32 Å². The molecule has 1 amide bonds. The van der Waals surface area contributed by atoms with Crippen LogP contribution in [-0.4, -0.2) is 5.91 Å². The molecule has 0 heterocycles. The largest absolute Gasteiger partial charge is 0.322 e. The van der Waals surface area contributed by atoms with E-state index in [0.29, 0.717) is 16.3 Å². The standard InChI is InChI=1S/C21H16ClNO/c22-18-12-7-13-19(15-18)23-21(24)20(17-10-5-2-6-11-17)14-16-8-3-1-4-9-16/h1-15H,(H,23,24)/b20-14+. The summed E-state index contributed by atoms with van der Waals surface area (Å²) < 4.78 is 0. The fourth-order valence-corrected chi connectivity index (χ4v) is 2.57. The summed E-state index contributed by atoms with van der Waals surface area (Å²) in [6, 6.07) is 26.5. The quantitative estimate of drug-likeness (QED) is 0.494. The zero-order chi connectivity index (χ0) is 16.8. The van der Waals surface area contributed by atoms with Gasteiger partial charge in [0.2, 0.25) is 0 Å². The van der Waals surface area contributed by atoms with Gasteiger partial charge in [-0.1, -0.05) is 78.3 Å². The number of benzene rings is 3. The summed E-state index contributed by atoms with van der Waals surface area (Å²) >= 11 is 5.99. The Balaban J connectivity index is 1.95. The Bertz CT molecular complexity index is 857. The molecule has 0 radical (unpaired) electrons. The second-order valence-electron chi connectivity index (χ2n) is 5.30. The first kappa shape index (κ1) is 16.0. The molecule has 3 aromatic carbocycles. The van der Waals surface area contributed by atoms with Gasteiger partial charge in [-0.2, -0.15) is 0 Å². The summed E-state index contributed by atoms with van der Waals surface area (Å²) in [6.45, 7) is 0. The first-order valence-electron chi connectivity index (χ1n) is 7.61. The SMILES string of the molecule is O=C(Nc1cccc(Cl)c1)/C(=C/c1ccccc1)c1ccccc1. The van der Waals surface area contributed by atoms with E-state index in [9.17, 15) is 4.79 Å². The molecule has 2 nitrogen and oxygen atoms in total. The minimum atomic E-state index is -0.174. The van der Waals surface area contributed by atoms with Crippen LogP contribution >= 0.6 is 11.6 Å². The highest BCUT2D eigenvalue weighted by atomic mass is 35.5. The minimum absolute atomic E-state index is 0.174. The third kappa shape index (κ3) is 4.12. The summed E-state index contributed by atoms with van der Waals surface area (Å²) in [5.74, 6) is -0.174. The van der Waals surface area contributed by atoms with Crippen LogP contribution in [0.4, 0.5) is 5.69 Å². The molecule has 0 unspecified atom stereocenters. The lowest BCUT2D eigenvalue weighted by Crippen LogP contribution is -2.13. The number of carbonyl (C=O) groups excluding carboxylic acids is 1. The van der Waals surface area contributed by atoms with E-state index < -0.39 is 0 Å². The van der Waals surface area contributed by atoms with E-state index in [1.807, 2.05) is 72.8 Å². The van der Waals surface area contributed by atoms with Gasteiger partial charge in [-0.3, -0.25) is 4.79 Å². The van der Waals surface area contributed by atoms with Gasteiger partial charge in [0, 0.05) is 16.3 Å². The van der Waals surface area contributed by atoms with Gasteiger partial charge in [0.15, 0.2) is 0 Å². The first-order chi connectivity index (χ1) is 11.7. The van der Waals surface area contributed by atoms with Crippen molar-refractivity contribution < 1.29 is 4.79 Å². The highest BCUT2D eigenvalue weighted by Gasteiger charge is 2.12. The van der Waals surface area contributed by atoms with Crippen LogP contribution < -0.4 is 5.32 Å². The molecule has 0 saturated carbocycles. The Hall–Kier alpha value is -2.84. The molecule has 0 spiro atoms. The molecular formula is C21H16ClNO. The van der Waals surface area contributed by atoms with Crippen molar-refractivity contribution in [3.63, 3.8) is 0 Å². The van der Waals surface area contributed by atoms with Gasteiger partial charge in [0.05, 0.1) is 0 Å². The molecule has 0 aromatic heterocycles. The summed E-state index contributed by atoms with van der Waals surface area (Å²) in [5.41, 5.74) is 3.10. The van der Waals surface area contributed by atoms with Gasteiger partial charge in [-0.15, -0.1) is 0 Å². The number of hydrogen-bond donors (Lipinski definition) is 1. The Morgan fingerprint density at radius 1 is 0.833 bits per heavy atom. The molecule has 3 aromatic rings. The van der Waals surface area contributed by atoms with Crippen LogP contribution in [-0.2, 0) is 4.79 Å². The van der Waals surface area contributed by atoms with E-state index in [-0.39, 0.29) is 5.91 Å². The second kappa shape index (κ2) is 7.62. The Morgan fingerprint density at radius 2 is 1.50 bits per heavy atom. The van der Waals surface area contributed by atoms with E-state index in [4.69, 9.17) is 11.6 Å². The highest BCUT2D eigenvalue weighted by molar-refractivity contribution is 6.31. The van der Waals surface area contributed by atoms with Crippen molar-refractivity contribution in [2.24, 2.45) is 0 Å². The molecule has 0 aliphatic heterocycles. The Kier molecular flexibility index (Phi) is 5.09. The van der Waals surface area contributed by atoms with Gasteiger partial charge in [0.1, 0.15) is 0 Å². The predicted octanol–water partition coefficient (Wildman–Crippen LogP) is 5.52. The van der Waals surface area contributed by atoms with E-state index in [0.717, 1.165) is 11.1 Å². The maximum absolute atomic E-state index is 12.8. The van der Waals surface area contributed by atoms with E-state index in [1.54, 1.807) is 18.2 Å². The lowest BCUT2D eigenvalue weighted by molar-refractivity contribution is -0.111. The number of carbonyl (C=O) groups is 1. The van der Waals surface area contributed by atoms with Gasteiger partial charge in [0.25, 0.3) is 5.91 Å². The third-order valence-corrected chi connectivity index (χ3v) is 3.76. The van der Waals surface area contributed by atoms with Crippen LogP contribution in [0.3, 0.4) is 0 Å². The van der Waals surface area contributed by atoms with E-state index in [2.05, 4.69) is 5.32 Å². The van der Waals surface area contributed by atoms with Crippen molar-refractivity contribution in [2.75, 3.05) is 5.32 Å². The van der Waals surface area contributed by atoms with Crippen LogP contribution in [0.25, 0.3) is 11.6 Å². The van der Waals surface area contributed by atoms with Crippen LogP contribution in [0.5, 0.6) is 0 Å². The topological polar surface area (TPSA) is 29.1 Å². The van der Waals surface area contributed by atoms with Crippen LogP contribution in [0.2, 0.25) is 5.02 Å². The van der Waals surface area contributed by atoms with Gasteiger partial charge in [-0.05, 0) is 35.4 Å². The molecule has 24 heavy (non-hydrogen) atoms. The van der Waals surface area contributed by atoms with Crippen molar-refractivity contribution in [3.8, 4) is 0 Å². The average Bonchev–Trinajstić information content (AvgIpc) is 2.61. The number of amides is 1. The number of nitrogens with one attached hydrogen (secondary N) is 1. The summed E-state index contributed by atoms with van der Waals surface area (Å²) in [4.78, 5) is 12.8. The summed E-state index contributed by atoms with van der Waals surface area (Å²) in [5, 5.41) is 3.49. The average molecular weight is 334 g/mol. The molecule has 0 bridgehead atoms. The lowest BCUT2D eigenvalue weighted by atomic mass is 10.0. The smallest absolute Gasteiger partial charge is 0.256 e. The Labute approximate surface area is 146 Å². The molecule has 118 valence electrons. The van der Waals surface area contributed by atoms with Crippen LogP contribution in [0, 0.1) is 0 Å². The zero-order valence-electron chi connectivity index (χ0n) is 12.9. The number of rotatable bonds is 4. The summed E-state index contributed by atoms with van der Waals surface area (Å²) in [7, 11) is 0. The number of hydrogen-bond acceptors (Lipinski definition) is 1. The van der Waals surface area contributed by atoms with Crippen molar-refractivity contribution in [2.45, 2.75) is 0 Å². The predicted molar refractivity (Wildman–Crippen MR) is 101 cm³/mol. The molecule has 0 fully saturated rings. The third-order valence-electron chi connectivity index (χ3n) is 3.52. The molecule has 3 heteroatoms. The van der Waals surface area contributed by atoms with Crippen LogP contribution in [0.15, 0.2) is 84.9 Å². The normalized spacial score (nSPS) is 11.1. The molecule has 0 saturated heterocycles. The molecular weight excluding hydrogens is 318 g/mol. The van der Waals surface area contributed by atoms with E-state index in [1.165, 1.54) is 0 Å². The van der Waals surface area contributed by atoms with Crippen molar-refractivity contribution >= 4 is 34.8 Å². The minimum Gasteiger partial charge on any atom is -0.322 e. The molecule has 1 N–H and O–H groups in total. The van der Waals surface area contributed by atoms with E-state index >= 15 is 0 Å². The number of anilines is 1. The number of halogens is 1. The summed E-state index contributed by atoms with van der Waals surface area (Å²) in [6.07, 6.45) is 1.88. The first-order valence-corrected chi connectivity index (χ1v) is 7.99. The molecule has 0 atom stereocenters.